The van der Waals surface area contributed by atoms with Gasteiger partial charge in [-0.15, -0.1) is 0 Å². The Balaban J connectivity index is 2.42. The Labute approximate surface area is 140 Å². The molecule has 0 aliphatic rings. The third kappa shape index (κ3) is 3.76. The quantitative estimate of drug-likeness (QED) is 0.798. The summed E-state index contributed by atoms with van der Waals surface area (Å²) in [7, 11) is -0.0905. The molecule has 0 saturated heterocycles. The second kappa shape index (κ2) is 6.63. The first-order valence-electron chi connectivity index (χ1n) is 8.12. The third-order valence-corrected chi connectivity index (χ3v) is 9.47. The number of methoxy groups -OCH3 is 1. The normalized spacial score (nSPS) is 12.7. The van der Waals surface area contributed by atoms with Gasteiger partial charge in [0.25, 0.3) is 0 Å². The SMILES string of the molecule is COc1ccc2cc(CN)ccc2c1CO[Si](C)(C)C(C)(C)C. The molecule has 2 aromatic carbocycles. The van der Waals surface area contributed by atoms with E-state index >= 15 is 0 Å². The van der Waals surface area contributed by atoms with Crippen molar-refractivity contribution < 1.29 is 9.16 Å². The van der Waals surface area contributed by atoms with Crippen LogP contribution in [0, 0.1) is 0 Å². The van der Waals surface area contributed by atoms with Crippen LogP contribution in [0.25, 0.3) is 10.8 Å². The summed E-state index contributed by atoms with van der Waals surface area (Å²) in [5.41, 5.74) is 8.02. The van der Waals surface area contributed by atoms with Crippen molar-refractivity contribution in [3.8, 4) is 5.75 Å². The first-order valence-corrected chi connectivity index (χ1v) is 11.0. The van der Waals surface area contributed by atoms with Gasteiger partial charge in [0.05, 0.1) is 13.7 Å². The molecule has 0 spiro atoms. The summed E-state index contributed by atoms with van der Waals surface area (Å²) >= 11 is 0. The van der Waals surface area contributed by atoms with Crippen molar-refractivity contribution in [3.63, 3.8) is 0 Å². The van der Waals surface area contributed by atoms with Gasteiger partial charge in [0.1, 0.15) is 5.75 Å². The summed E-state index contributed by atoms with van der Waals surface area (Å²) < 4.78 is 12.0. The van der Waals surface area contributed by atoms with E-state index in [-0.39, 0.29) is 5.04 Å². The maximum Gasteiger partial charge on any atom is 0.192 e. The number of hydrogen-bond acceptors (Lipinski definition) is 3. The lowest BCUT2D eigenvalue weighted by Gasteiger charge is -2.36. The molecule has 0 aliphatic heterocycles. The zero-order chi connectivity index (χ0) is 17.3. The van der Waals surface area contributed by atoms with Gasteiger partial charge in [-0.1, -0.05) is 39.0 Å². The lowest BCUT2D eigenvalue weighted by Crippen LogP contribution is -2.40. The number of ether oxygens (including phenoxy) is 1. The molecule has 2 aromatic rings. The van der Waals surface area contributed by atoms with Gasteiger partial charge in [-0.05, 0) is 46.6 Å². The average Bonchev–Trinajstić information content (AvgIpc) is 2.50. The van der Waals surface area contributed by atoms with E-state index in [4.69, 9.17) is 14.9 Å². The average molecular weight is 332 g/mol. The van der Waals surface area contributed by atoms with Crippen LogP contribution in [0.5, 0.6) is 5.75 Å². The minimum absolute atomic E-state index is 0.192. The van der Waals surface area contributed by atoms with Gasteiger partial charge in [-0.2, -0.15) is 0 Å². The maximum atomic E-state index is 6.42. The summed E-state index contributed by atoms with van der Waals surface area (Å²) in [6.07, 6.45) is 0. The van der Waals surface area contributed by atoms with E-state index in [0.717, 1.165) is 16.9 Å². The molecule has 0 aromatic heterocycles. The summed E-state index contributed by atoms with van der Waals surface area (Å²) in [5.74, 6) is 0.886. The lowest BCUT2D eigenvalue weighted by molar-refractivity contribution is 0.271. The maximum absolute atomic E-state index is 6.42. The smallest absolute Gasteiger partial charge is 0.192 e. The molecule has 0 bridgehead atoms. The standard InChI is InChI=1S/C19H29NO2Si/c1-19(2,3)23(5,6)22-13-17-16-9-7-14(12-20)11-15(16)8-10-18(17)21-4/h7-11H,12-13,20H2,1-6H3. The van der Waals surface area contributed by atoms with E-state index in [0.29, 0.717) is 13.2 Å². The molecule has 0 saturated carbocycles. The van der Waals surface area contributed by atoms with Crippen LogP contribution in [0.4, 0.5) is 0 Å². The van der Waals surface area contributed by atoms with E-state index in [2.05, 4.69) is 58.1 Å². The first-order chi connectivity index (χ1) is 10.7. The van der Waals surface area contributed by atoms with Crippen LogP contribution in [0.2, 0.25) is 18.1 Å². The molecule has 126 valence electrons. The van der Waals surface area contributed by atoms with E-state index in [1.807, 2.05) is 6.07 Å². The number of benzene rings is 2. The van der Waals surface area contributed by atoms with E-state index in [1.165, 1.54) is 10.8 Å². The molecule has 3 nitrogen and oxygen atoms in total. The number of nitrogens with two attached hydrogens (primary N) is 1. The molecule has 0 heterocycles. The Bertz CT molecular complexity index is 690. The van der Waals surface area contributed by atoms with Crippen LogP contribution in [0.15, 0.2) is 30.3 Å². The van der Waals surface area contributed by atoms with Crippen molar-refractivity contribution in [3.05, 3.63) is 41.5 Å². The summed E-state index contributed by atoms with van der Waals surface area (Å²) in [4.78, 5) is 0. The van der Waals surface area contributed by atoms with Crippen LogP contribution in [-0.2, 0) is 17.6 Å². The van der Waals surface area contributed by atoms with Crippen molar-refractivity contribution >= 4 is 19.1 Å². The van der Waals surface area contributed by atoms with Gasteiger partial charge in [-0.3, -0.25) is 0 Å². The molecule has 23 heavy (non-hydrogen) atoms. The Morgan fingerprint density at radius 2 is 1.78 bits per heavy atom. The van der Waals surface area contributed by atoms with Crippen LogP contribution in [0.3, 0.4) is 0 Å². The fraction of sp³-hybridized carbons (Fsp3) is 0.474. The Kier molecular flexibility index (Phi) is 5.19. The predicted octanol–water partition coefficient (Wildman–Crippen LogP) is 4.83. The highest BCUT2D eigenvalue weighted by Crippen LogP contribution is 2.38. The van der Waals surface area contributed by atoms with Crippen molar-refractivity contribution in [1.29, 1.82) is 0 Å². The molecule has 0 unspecified atom stereocenters. The molecule has 0 fully saturated rings. The van der Waals surface area contributed by atoms with Crippen molar-refractivity contribution in [2.45, 2.75) is 52.1 Å². The Morgan fingerprint density at radius 1 is 1.09 bits per heavy atom. The van der Waals surface area contributed by atoms with Gasteiger partial charge >= 0.3 is 0 Å². The van der Waals surface area contributed by atoms with E-state index in [9.17, 15) is 0 Å². The monoisotopic (exact) mass is 331 g/mol. The second-order valence-electron chi connectivity index (χ2n) is 7.55. The first kappa shape index (κ1) is 18.0. The van der Waals surface area contributed by atoms with E-state index in [1.54, 1.807) is 7.11 Å². The zero-order valence-electron chi connectivity index (χ0n) is 15.2. The number of hydrogen-bond donors (Lipinski definition) is 1. The molecule has 2 rings (SSSR count). The molecule has 4 heteroatoms. The minimum atomic E-state index is -1.80. The van der Waals surface area contributed by atoms with Gasteiger partial charge < -0.3 is 14.9 Å². The van der Waals surface area contributed by atoms with Crippen LogP contribution in [0.1, 0.15) is 31.9 Å². The van der Waals surface area contributed by atoms with Crippen molar-refractivity contribution in [1.82, 2.24) is 0 Å². The molecule has 0 amide bonds. The highest BCUT2D eigenvalue weighted by molar-refractivity contribution is 6.74. The molecule has 0 radical (unpaired) electrons. The third-order valence-electron chi connectivity index (χ3n) is 4.99. The summed E-state index contributed by atoms with van der Waals surface area (Å²) in [6.45, 7) is 12.5. The zero-order valence-corrected chi connectivity index (χ0v) is 16.2. The molecule has 2 N–H and O–H groups in total. The largest absolute Gasteiger partial charge is 0.496 e. The molecular formula is C19H29NO2Si. The second-order valence-corrected chi connectivity index (χ2v) is 12.4. The number of rotatable bonds is 5. The Morgan fingerprint density at radius 3 is 2.35 bits per heavy atom. The highest BCUT2D eigenvalue weighted by Gasteiger charge is 2.37. The van der Waals surface area contributed by atoms with Crippen molar-refractivity contribution in [2.24, 2.45) is 5.73 Å². The van der Waals surface area contributed by atoms with Gasteiger partial charge in [0.2, 0.25) is 0 Å². The van der Waals surface area contributed by atoms with Crippen LogP contribution >= 0.6 is 0 Å². The predicted molar refractivity (Wildman–Crippen MR) is 100 cm³/mol. The lowest BCUT2D eigenvalue weighted by atomic mass is 10.0. The molecular weight excluding hydrogens is 302 g/mol. The minimum Gasteiger partial charge on any atom is -0.496 e. The van der Waals surface area contributed by atoms with E-state index < -0.39 is 8.32 Å². The van der Waals surface area contributed by atoms with Crippen LogP contribution in [-0.4, -0.2) is 15.4 Å². The van der Waals surface area contributed by atoms with Gasteiger partial charge in [0.15, 0.2) is 8.32 Å². The fourth-order valence-electron chi connectivity index (χ4n) is 2.36. The Hall–Kier alpha value is -1.36. The van der Waals surface area contributed by atoms with Gasteiger partial charge in [-0.25, -0.2) is 0 Å². The highest BCUT2D eigenvalue weighted by atomic mass is 28.4. The number of fused-ring (bicyclic) bond motifs is 1. The topological polar surface area (TPSA) is 44.5 Å². The van der Waals surface area contributed by atoms with Crippen molar-refractivity contribution in [2.75, 3.05) is 7.11 Å². The van der Waals surface area contributed by atoms with Gasteiger partial charge in [0, 0.05) is 12.1 Å². The fourth-order valence-corrected chi connectivity index (χ4v) is 3.30. The van der Waals surface area contributed by atoms with Crippen LogP contribution < -0.4 is 10.5 Å². The molecule has 0 aliphatic carbocycles. The molecule has 0 atom stereocenters. The summed E-state index contributed by atoms with van der Waals surface area (Å²) in [6, 6.07) is 10.5. The summed E-state index contributed by atoms with van der Waals surface area (Å²) in [5, 5.41) is 2.56.